The van der Waals surface area contributed by atoms with Gasteiger partial charge in [0.1, 0.15) is 0 Å². The van der Waals surface area contributed by atoms with Gasteiger partial charge in [-0.05, 0) is 73.8 Å². The molecule has 0 saturated heterocycles. The fourth-order valence-corrected chi connectivity index (χ4v) is 5.46. The Labute approximate surface area is 180 Å². The summed E-state index contributed by atoms with van der Waals surface area (Å²) in [6, 6.07) is 3.08. The number of halogens is 2. The molecule has 0 aliphatic heterocycles. The van der Waals surface area contributed by atoms with Gasteiger partial charge in [0.25, 0.3) is 0 Å². The molecular weight excluding hydrogens is 382 g/mol. The van der Waals surface area contributed by atoms with Crippen LogP contribution in [-0.2, 0) is 10.2 Å². The highest BCUT2D eigenvalue weighted by Gasteiger charge is 2.50. The van der Waals surface area contributed by atoms with Crippen molar-refractivity contribution in [3.8, 4) is 5.75 Å². The molecule has 2 bridgehead atoms. The minimum atomic E-state index is -1.04. The van der Waals surface area contributed by atoms with Crippen LogP contribution in [0.25, 0.3) is 0 Å². The smallest absolute Gasteiger partial charge is 0.335 e. The molecule has 3 aliphatic carbocycles. The third kappa shape index (κ3) is 4.95. The van der Waals surface area contributed by atoms with Crippen LogP contribution in [0.4, 0.5) is 8.78 Å². The van der Waals surface area contributed by atoms with Crippen molar-refractivity contribution >= 4 is 5.97 Å². The molecule has 0 amide bonds. The summed E-state index contributed by atoms with van der Waals surface area (Å²) in [5, 5.41) is 0. The van der Waals surface area contributed by atoms with E-state index in [2.05, 4.69) is 13.8 Å². The van der Waals surface area contributed by atoms with Gasteiger partial charge in [0.2, 0.25) is 5.82 Å². The Morgan fingerprint density at radius 2 is 1.63 bits per heavy atom. The van der Waals surface area contributed by atoms with E-state index in [-0.39, 0.29) is 11.2 Å². The number of rotatable bonds is 10. The molecule has 0 N–H and O–H groups in total. The van der Waals surface area contributed by atoms with E-state index in [4.69, 9.17) is 4.74 Å². The topological polar surface area (TPSA) is 26.3 Å². The maximum atomic E-state index is 15.1. The molecule has 4 rings (SSSR count). The van der Waals surface area contributed by atoms with Crippen LogP contribution in [0.2, 0.25) is 0 Å². The zero-order chi connectivity index (χ0) is 21.6. The zero-order valence-electron chi connectivity index (χ0n) is 18.6. The van der Waals surface area contributed by atoms with Crippen molar-refractivity contribution in [3.05, 3.63) is 41.5 Å². The van der Waals surface area contributed by atoms with Crippen LogP contribution in [-0.4, -0.2) is 5.97 Å². The third-order valence-electron chi connectivity index (χ3n) is 7.52. The van der Waals surface area contributed by atoms with E-state index in [0.717, 1.165) is 57.8 Å². The van der Waals surface area contributed by atoms with Crippen molar-refractivity contribution in [2.45, 2.75) is 103 Å². The molecule has 3 aliphatic rings. The van der Waals surface area contributed by atoms with Gasteiger partial charge in [-0.25, -0.2) is 9.18 Å². The Bertz CT molecular complexity index is 744. The Morgan fingerprint density at radius 1 is 0.967 bits per heavy atom. The lowest BCUT2D eigenvalue weighted by atomic mass is 9.51. The van der Waals surface area contributed by atoms with Crippen molar-refractivity contribution in [1.82, 2.24) is 0 Å². The molecule has 3 saturated carbocycles. The molecule has 1 aromatic carbocycles. The fraction of sp³-hybridized carbons (Fsp3) is 0.654. The van der Waals surface area contributed by atoms with E-state index in [9.17, 15) is 9.18 Å². The maximum absolute atomic E-state index is 15.1. The molecule has 30 heavy (non-hydrogen) atoms. The average molecular weight is 419 g/mol. The minimum Gasteiger partial charge on any atom is -0.420 e. The van der Waals surface area contributed by atoms with E-state index in [1.54, 1.807) is 12.1 Å². The number of allylic oxidation sites excluding steroid dienone is 1. The molecule has 4 heteroatoms. The van der Waals surface area contributed by atoms with Crippen LogP contribution in [0.5, 0.6) is 5.75 Å². The molecule has 3 fully saturated rings. The van der Waals surface area contributed by atoms with Crippen molar-refractivity contribution in [2.75, 3.05) is 0 Å². The van der Waals surface area contributed by atoms with Gasteiger partial charge in [0, 0.05) is 6.08 Å². The van der Waals surface area contributed by atoms with Gasteiger partial charge in [-0.1, -0.05) is 58.1 Å². The highest BCUT2D eigenvalue weighted by atomic mass is 19.2. The molecule has 0 aromatic heterocycles. The summed E-state index contributed by atoms with van der Waals surface area (Å²) in [4.78, 5) is 11.9. The normalized spacial score (nSPS) is 25.7. The van der Waals surface area contributed by atoms with Crippen LogP contribution < -0.4 is 4.74 Å². The van der Waals surface area contributed by atoms with Crippen molar-refractivity contribution in [2.24, 2.45) is 5.41 Å². The Balaban J connectivity index is 1.68. The lowest BCUT2D eigenvalue weighted by Gasteiger charge is -2.54. The van der Waals surface area contributed by atoms with Crippen LogP contribution in [0.15, 0.2) is 24.3 Å². The summed E-state index contributed by atoms with van der Waals surface area (Å²) >= 11 is 0. The highest BCUT2D eigenvalue weighted by molar-refractivity contribution is 5.84. The molecule has 166 valence electrons. The van der Waals surface area contributed by atoms with Crippen LogP contribution in [0.3, 0.4) is 0 Å². The van der Waals surface area contributed by atoms with E-state index in [1.807, 2.05) is 0 Å². The minimum absolute atomic E-state index is 0.264. The molecule has 0 radical (unpaired) electrons. The second-order valence-electron chi connectivity index (χ2n) is 9.44. The predicted octanol–water partition coefficient (Wildman–Crippen LogP) is 7.79. The van der Waals surface area contributed by atoms with Crippen LogP contribution in [0.1, 0.15) is 103 Å². The van der Waals surface area contributed by atoms with Gasteiger partial charge in [-0.15, -0.1) is 0 Å². The number of ether oxygens (including phenoxy) is 1. The van der Waals surface area contributed by atoms with Gasteiger partial charge < -0.3 is 4.74 Å². The first-order valence-corrected chi connectivity index (χ1v) is 11.8. The first kappa shape index (κ1) is 23.0. The number of carbonyl (C=O) groups excluding carboxylic acids is 1. The second kappa shape index (κ2) is 10.1. The molecule has 0 unspecified atom stereocenters. The number of carbonyl (C=O) groups is 1. The van der Waals surface area contributed by atoms with Crippen molar-refractivity contribution in [1.29, 1.82) is 0 Å². The summed E-state index contributed by atoms with van der Waals surface area (Å²) in [5.74, 6) is -2.86. The molecule has 0 spiro atoms. The summed E-state index contributed by atoms with van der Waals surface area (Å²) < 4.78 is 34.9. The Morgan fingerprint density at radius 3 is 2.27 bits per heavy atom. The standard InChI is InChI=1S/C26H36F2O2/c1-3-5-7-8-10-22(29)30-21-12-11-20(23(27)24(21)28)26-17-14-25(15-18-26,16-19-26)13-9-6-4-2/h8,10-12H,3-7,9,13-19H2,1-2H3/b10-8+. The number of fused-ring (bicyclic) bond motifs is 3. The molecule has 0 atom stereocenters. The van der Waals surface area contributed by atoms with E-state index in [0.29, 0.717) is 11.0 Å². The monoisotopic (exact) mass is 418 g/mol. The van der Waals surface area contributed by atoms with Crippen LogP contribution >= 0.6 is 0 Å². The summed E-state index contributed by atoms with van der Waals surface area (Å²) in [6.45, 7) is 4.29. The summed E-state index contributed by atoms with van der Waals surface area (Å²) in [7, 11) is 0. The number of esters is 1. The van der Waals surface area contributed by atoms with Crippen molar-refractivity contribution < 1.29 is 18.3 Å². The first-order valence-electron chi connectivity index (χ1n) is 11.8. The summed E-state index contributed by atoms with van der Waals surface area (Å²) in [5.41, 5.74) is 0.631. The van der Waals surface area contributed by atoms with Crippen LogP contribution in [0, 0.1) is 17.0 Å². The molecular formula is C26H36F2O2. The average Bonchev–Trinajstić information content (AvgIpc) is 2.76. The lowest BCUT2D eigenvalue weighted by molar-refractivity contribution is -0.129. The SMILES string of the molecule is CCCC/C=C/C(=O)Oc1ccc(C23CCC(CCCCC)(CC2)CC3)c(F)c1F. The van der Waals surface area contributed by atoms with E-state index < -0.39 is 17.6 Å². The zero-order valence-corrected chi connectivity index (χ0v) is 18.6. The molecule has 0 heterocycles. The van der Waals surface area contributed by atoms with Gasteiger partial charge in [-0.2, -0.15) is 4.39 Å². The van der Waals surface area contributed by atoms with Crippen molar-refractivity contribution in [3.63, 3.8) is 0 Å². The quantitative estimate of drug-likeness (QED) is 0.168. The number of hydrogen-bond donors (Lipinski definition) is 0. The third-order valence-corrected chi connectivity index (χ3v) is 7.52. The molecule has 2 nitrogen and oxygen atoms in total. The Hall–Kier alpha value is -1.71. The van der Waals surface area contributed by atoms with E-state index >= 15 is 4.39 Å². The Kier molecular flexibility index (Phi) is 7.70. The largest absolute Gasteiger partial charge is 0.420 e. The van der Waals surface area contributed by atoms with Gasteiger partial charge in [0.05, 0.1) is 0 Å². The van der Waals surface area contributed by atoms with E-state index in [1.165, 1.54) is 37.8 Å². The maximum Gasteiger partial charge on any atom is 0.335 e. The highest BCUT2D eigenvalue weighted by Crippen LogP contribution is 2.60. The van der Waals surface area contributed by atoms with Gasteiger partial charge >= 0.3 is 5.97 Å². The fourth-order valence-electron chi connectivity index (χ4n) is 5.46. The van der Waals surface area contributed by atoms with Gasteiger partial charge in [0.15, 0.2) is 11.6 Å². The predicted molar refractivity (Wildman–Crippen MR) is 117 cm³/mol. The summed E-state index contributed by atoms with van der Waals surface area (Å²) in [6.07, 6.45) is 16.9. The second-order valence-corrected chi connectivity index (χ2v) is 9.44. The lowest BCUT2D eigenvalue weighted by Crippen LogP contribution is -2.44. The van der Waals surface area contributed by atoms with Gasteiger partial charge in [-0.3, -0.25) is 0 Å². The number of unbranched alkanes of at least 4 members (excludes halogenated alkanes) is 4. The number of benzene rings is 1. The number of hydrogen-bond acceptors (Lipinski definition) is 2. The molecule has 1 aromatic rings. The first-order chi connectivity index (χ1) is 14.5.